The summed E-state index contributed by atoms with van der Waals surface area (Å²) in [7, 11) is 0. The van der Waals surface area contributed by atoms with Crippen LogP contribution >= 0.6 is 12.6 Å². The number of hydrogen-bond donors (Lipinski definition) is 3. The molecule has 0 atom stereocenters. The molecule has 14 heavy (non-hydrogen) atoms. The standard InChI is InChI=1S/C10H16N2OS/c13-10(7-14)3-1-8(2-4-10)9-11-5-6-12-9/h5-6,8,13-14H,1-4,7H2,(H,11,12). The van der Waals surface area contributed by atoms with E-state index in [1.807, 2.05) is 6.20 Å². The summed E-state index contributed by atoms with van der Waals surface area (Å²) in [6.45, 7) is 0. The van der Waals surface area contributed by atoms with Crippen LogP contribution in [0.4, 0.5) is 0 Å². The lowest BCUT2D eigenvalue weighted by atomic mass is 9.79. The first-order valence-electron chi connectivity index (χ1n) is 5.06. The van der Waals surface area contributed by atoms with Crippen LogP contribution in [0, 0.1) is 0 Å². The molecule has 1 aliphatic carbocycles. The highest BCUT2D eigenvalue weighted by atomic mass is 32.1. The van der Waals surface area contributed by atoms with Gasteiger partial charge in [-0.15, -0.1) is 0 Å². The van der Waals surface area contributed by atoms with Gasteiger partial charge in [0.05, 0.1) is 5.60 Å². The van der Waals surface area contributed by atoms with Gasteiger partial charge in [0, 0.05) is 24.1 Å². The van der Waals surface area contributed by atoms with Gasteiger partial charge in [-0.25, -0.2) is 4.98 Å². The molecule has 78 valence electrons. The SMILES string of the molecule is OC1(CS)CCC(c2ncc[nH]2)CC1. The second kappa shape index (κ2) is 3.95. The summed E-state index contributed by atoms with van der Waals surface area (Å²) in [4.78, 5) is 7.40. The number of aromatic nitrogens is 2. The number of rotatable bonds is 2. The number of nitrogens with one attached hydrogen (secondary N) is 1. The summed E-state index contributed by atoms with van der Waals surface area (Å²) in [6, 6.07) is 0. The van der Waals surface area contributed by atoms with Crippen molar-refractivity contribution in [2.75, 3.05) is 5.75 Å². The quantitative estimate of drug-likeness (QED) is 0.654. The first kappa shape index (κ1) is 10.1. The maximum Gasteiger partial charge on any atom is 0.109 e. The highest BCUT2D eigenvalue weighted by Crippen LogP contribution is 2.36. The Kier molecular flexibility index (Phi) is 2.83. The Bertz CT molecular complexity index is 278. The molecule has 0 amide bonds. The van der Waals surface area contributed by atoms with Crippen molar-refractivity contribution < 1.29 is 5.11 Å². The zero-order valence-corrected chi connectivity index (χ0v) is 9.00. The van der Waals surface area contributed by atoms with Crippen molar-refractivity contribution in [2.45, 2.75) is 37.2 Å². The van der Waals surface area contributed by atoms with E-state index in [2.05, 4.69) is 22.6 Å². The predicted octanol–water partition coefficient (Wildman–Crippen LogP) is 1.73. The second-order valence-electron chi connectivity index (χ2n) is 4.13. The van der Waals surface area contributed by atoms with Crippen molar-refractivity contribution in [3.63, 3.8) is 0 Å². The molecule has 1 saturated carbocycles. The van der Waals surface area contributed by atoms with E-state index >= 15 is 0 Å². The normalized spacial score (nSPS) is 33.1. The Balaban J connectivity index is 1.97. The number of thiol groups is 1. The minimum Gasteiger partial charge on any atom is -0.389 e. The van der Waals surface area contributed by atoms with E-state index in [4.69, 9.17) is 0 Å². The molecule has 0 bridgehead atoms. The molecule has 3 nitrogen and oxygen atoms in total. The van der Waals surface area contributed by atoms with Crippen LogP contribution in [0.1, 0.15) is 37.4 Å². The van der Waals surface area contributed by atoms with Crippen molar-refractivity contribution in [1.82, 2.24) is 9.97 Å². The fourth-order valence-corrected chi connectivity index (χ4v) is 2.40. The smallest absolute Gasteiger partial charge is 0.109 e. The molecule has 1 aliphatic rings. The van der Waals surface area contributed by atoms with Gasteiger partial charge < -0.3 is 10.1 Å². The molecule has 0 aliphatic heterocycles. The van der Waals surface area contributed by atoms with Gasteiger partial charge in [0.2, 0.25) is 0 Å². The molecule has 1 fully saturated rings. The van der Waals surface area contributed by atoms with Crippen LogP contribution in [-0.2, 0) is 0 Å². The number of imidazole rings is 1. The topological polar surface area (TPSA) is 48.9 Å². The van der Waals surface area contributed by atoms with E-state index in [1.165, 1.54) is 0 Å². The Morgan fingerprint density at radius 3 is 2.79 bits per heavy atom. The van der Waals surface area contributed by atoms with Crippen molar-refractivity contribution in [3.05, 3.63) is 18.2 Å². The van der Waals surface area contributed by atoms with Gasteiger partial charge in [0.15, 0.2) is 0 Å². The molecule has 0 spiro atoms. The molecule has 4 heteroatoms. The van der Waals surface area contributed by atoms with Crippen LogP contribution in [0.3, 0.4) is 0 Å². The van der Waals surface area contributed by atoms with Gasteiger partial charge in [-0.3, -0.25) is 0 Å². The lowest BCUT2D eigenvalue weighted by molar-refractivity contribution is 0.0215. The van der Waals surface area contributed by atoms with Crippen molar-refractivity contribution >= 4 is 12.6 Å². The number of H-pyrrole nitrogens is 1. The number of aliphatic hydroxyl groups is 1. The van der Waals surface area contributed by atoms with E-state index in [-0.39, 0.29) is 0 Å². The molecule has 1 aromatic rings. The second-order valence-corrected chi connectivity index (χ2v) is 4.45. The van der Waals surface area contributed by atoms with Crippen LogP contribution in [0.5, 0.6) is 0 Å². The van der Waals surface area contributed by atoms with E-state index in [0.717, 1.165) is 31.5 Å². The molecular formula is C10H16N2OS. The third kappa shape index (κ3) is 1.96. The van der Waals surface area contributed by atoms with Gasteiger partial charge in [0.25, 0.3) is 0 Å². The fourth-order valence-electron chi connectivity index (χ4n) is 2.09. The summed E-state index contributed by atoms with van der Waals surface area (Å²) in [5.41, 5.74) is -0.536. The van der Waals surface area contributed by atoms with E-state index in [0.29, 0.717) is 11.7 Å². The molecule has 2 rings (SSSR count). The zero-order chi connectivity index (χ0) is 10.0. The third-order valence-electron chi connectivity index (χ3n) is 3.12. The van der Waals surface area contributed by atoms with Crippen LogP contribution < -0.4 is 0 Å². The van der Waals surface area contributed by atoms with Crippen molar-refractivity contribution in [3.8, 4) is 0 Å². The fraction of sp³-hybridized carbons (Fsp3) is 0.700. The van der Waals surface area contributed by atoms with E-state index in [9.17, 15) is 5.11 Å². The lowest BCUT2D eigenvalue weighted by Gasteiger charge is -2.34. The van der Waals surface area contributed by atoms with Crippen LogP contribution in [-0.4, -0.2) is 26.4 Å². The average molecular weight is 212 g/mol. The van der Waals surface area contributed by atoms with E-state index < -0.39 is 5.60 Å². The Morgan fingerprint density at radius 1 is 1.57 bits per heavy atom. The Labute approximate surface area is 89.4 Å². The minimum atomic E-state index is -0.536. The van der Waals surface area contributed by atoms with Gasteiger partial charge in [-0.1, -0.05) is 0 Å². The molecule has 0 radical (unpaired) electrons. The molecule has 1 aromatic heterocycles. The molecule has 2 N–H and O–H groups in total. The highest BCUT2D eigenvalue weighted by Gasteiger charge is 2.33. The van der Waals surface area contributed by atoms with Gasteiger partial charge >= 0.3 is 0 Å². The summed E-state index contributed by atoms with van der Waals surface area (Å²) < 4.78 is 0. The molecule has 0 saturated heterocycles. The maximum atomic E-state index is 9.99. The van der Waals surface area contributed by atoms with Gasteiger partial charge in [-0.2, -0.15) is 12.6 Å². The lowest BCUT2D eigenvalue weighted by Crippen LogP contribution is -2.35. The van der Waals surface area contributed by atoms with Crippen LogP contribution in [0.15, 0.2) is 12.4 Å². The van der Waals surface area contributed by atoms with E-state index in [1.54, 1.807) is 6.20 Å². The largest absolute Gasteiger partial charge is 0.389 e. The molecule has 0 aromatic carbocycles. The van der Waals surface area contributed by atoms with Crippen molar-refractivity contribution in [1.29, 1.82) is 0 Å². The first-order valence-corrected chi connectivity index (χ1v) is 5.69. The molecule has 1 heterocycles. The van der Waals surface area contributed by atoms with Crippen LogP contribution in [0.25, 0.3) is 0 Å². The van der Waals surface area contributed by atoms with Crippen LogP contribution in [0.2, 0.25) is 0 Å². The first-order chi connectivity index (χ1) is 6.73. The number of nitrogens with zero attached hydrogens (tertiary/aromatic N) is 1. The summed E-state index contributed by atoms with van der Waals surface area (Å²) >= 11 is 4.18. The monoisotopic (exact) mass is 212 g/mol. The average Bonchev–Trinajstić information content (AvgIpc) is 2.72. The third-order valence-corrected chi connectivity index (χ3v) is 3.71. The summed E-state index contributed by atoms with van der Waals surface area (Å²) in [5, 5.41) is 9.99. The minimum absolute atomic E-state index is 0.491. The Hall–Kier alpha value is -0.480. The molecule has 0 unspecified atom stereocenters. The summed E-state index contributed by atoms with van der Waals surface area (Å²) in [5.74, 6) is 2.12. The van der Waals surface area contributed by atoms with Gasteiger partial charge in [-0.05, 0) is 25.7 Å². The maximum absolute atomic E-state index is 9.99. The predicted molar refractivity (Wildman–Crippen MR) is 58.6 cm³/mol. The Morgan fingerprint density at radius 2 is 2.29 bits per heavy atom. The van der Waals surface area contributed by atoms with Gasteiger partial charge in [0.1, 0.15) is 5.82 Å². The van der Waals surface area contributed by atoms with Crippen molar-refractivity contribution in [2.24, 2.45) is 0 Å². The summed E-state index contributed by atoms with van der Waals surface area (Å²) in [6.07, 6.45) is 7.32. The molecular weight excluding hydrogens is 196 g/mol. The number of aromatic amines is 1. The number of hydrogen-bond acceptors (Lipinski definition) is 3. The zero-order valence-electron chi connectivity index (χ0n) is 8.11. The highest BCUT2D eigenvalue weighted by molar-refractivity contribution is 7.80.